The zero-order chi connectivity index (χ0) is 46.3. The number of nitrogens with one attached hydrogen (secondary N) is 1. The van der Waals surface area contributed by atoms with E-state index in [1.54, 1.807) is 6.08 Å². The van der Waals surface area contributed by atoms with Gasteiger partial charge in [-0.2, -0.15) is 0 Å². The highest BCUT2D eigenvalue weighted by atomic mass is 16.3. The first kappa shape index (κ1) is 63.1. The van der Waals surface area contributed by atoms with E-state index in [1.807, 2.05) is 6.08 Å². The molecule has 0 aliphatic heterocycles. The SMILES string of the molecule is CCCCCCCCCCCCCCCCCCCCC/C=C/C(O)C(CO)NC(=O)CCCCCCCCCCCCCCCCCCCCCCCCCCCCCCCCC. The molecule has 0 fully saturated rings. The van der Waals surface area contributed by atoms with Crippen LogP contribution in [-0.2, 0) is 4.79 Å². The van der Waals surface area contributed by atoms with Gasteiger partial charge in [0.2, 0.25) is 5.91 Å². The van der Waals surface area contributed by atoms with Crippen LogP contribution in [0.15, 0.2) is 12.2 Å². The van der Waals surface area contributed by atoms with Crippen molar-refractivity contribution in [2.75, 3.05) is 6.61 Å². The fourth-order valence-electron chi connectivity index (χ4n) is 9.71. The van der Waals surface area contributed by atoms with E-state index in [-0.39, 0.29) is 12.5 Å². The molecule has 0 bridgehead atoms. The maximum atomic E-state index is 12.5. The van der Waals surface area contributed by atoms with Crippen molar-refractivity contribution in [1.29, 1.82) is 0 Å². The molecule has 0 aliphatic carbocycles. The van der Waals surface area contributed by atoms with E-state index < -0.39 is 12.1 Å². The Balaban J connectivity index is 3.41. The summed E-state index contributed by atoms with van der Waals surface area (Å²) in [6.07, 6.45) is 74.0. The molecule has 0 aromatic heterocycles. The van der Waals surface area contributed by atoms with Crippen LogP contribution in [0.25, 0.3) is 0 Å². The van der Waals surface area contributed by atoms with Crippen LogP contribution in [-0.4, -0.2) is 34.9 Å². The van der Waals surface area contributed by atoms with E-state index >= 15 is 0 Å². The van der Waals surface area contributed by atoms with E-state index in [4.69, 9.17) is 0 Å². The summed E-state index contributed by atoms with van der Waals surface area (Å²) in [7, 11) is 0. The van der Waals surface area contributed by atoms with Crippen molar-refractivity contribution >= 4 is 5.91 Å². The minimum atomic E-state index is -0.836. The van der Waals surface area contributed by atoms with Gasteiger partial charge in [-0.3, -0.25) is 4.79 Å². The molecule has 0 heterocycles. The monoisotopic (exact) mass is 902 g/mol. The highest BCUT2D eigenvalue weighted by Crippen LogP contribution is 2.18. The van der Waals surface area contributed by atoms with E-state index in [2.05, 4.69) is 19.2 Å². The van der Waals surface area contributed by atoms with Gasteiger partial charge in [0, 0.05) is 6.42 Å². The fourth-order valence-corrected chi connectivity index (χ4v) is 9.71. The lowest BCUT2D eigenvalue weighted by Gasteiger charge is -2.20. The first-order valence-corrected chi connectivity index (χ1v) is 29.9. The lowest BCUT2D eigenvalue weighted by atomic mass is 10.0. The van der Waals surface area contributed by atoms with Crippen molar-refractivity contribution in [2.24, 2.45) is 0 Å². The summed E-state index contributed by atoms with van der Waals surface area (Å²) in [6.45, 7) is 4.36. The molecular weight excluding hydrogens is 783 g/mol. The predicted molar refractivity (Wildman–Crippen MR) is 286 cm³/mol. The molecule has 0 aromatic rings. The average molecular weight is 903 g/mol. The number of carbonyl (C=O) groups is 1. The number of aliphatic hydroxyl groups is 2. The maximum Gasteiger partial charge on any atom is 0.220 e. The van der Waals surface area contributed by atoms with Crippen molar-refractivity contribution in [3.8, 4) is 0 Å². The van der Waals surface area contributed by atoms with Crippen LogP contribution in [0, 0.1) is 0 Å². The molecule has 0 saturated heterocycles. The standard InChI is InChI=1S/C60H119NO3/c1-3-5-7-9-11-13-15-17-19-21-23-25-26-27-28-29-30-31-32-33-34-36-38-40-42-44-46-48-50-52-54-56-60(64)61-58(57-62)59(63)55-53-51-49-47-45-43-41-39-37-35-24-22-20-18-16-14-12-10-8-6-4-2/h53,55,58-59,62-63H,3-52,54,56-57H2,1-2H3,(H,61,64)/b55-53+. The Hall–Kier alpha value is -0.870. The number of allylic oxidation sites excluding steroid dienone is 1. The van der Waals surface area contributed by atoms with Crippen molar-refractivity contribution in [3.63, 3.8) is 0 Å². The van der Waals surface area contributed by atoms with Crippen LogP contribution in [0.2, 0.25) is 0 Å². The number of hydrogen-bond donors (Lipinski definition) is 3. The second-order valence-corrected chi connectivity index (χ2v) is 20.8. The highest BCUT2D eigenvalue weighted by molar-refractivity contribution is 5.76. The fraction of sp³-hybridized carbons (Fsp3) is 0.950. The Morgan fingerprint density at radius 3 is 0.812 bits per heavy atom. The average Bonchev–Trinajstić information content (AvgIpc) is 3.30. The van der Waals surface area contributed by atoms with Gasteiger partial charge < -0.3 is 15.5 Å². The maximum absolute atomic E-state index is 12.5. The minimum Gasteiger partial charge on any atom is -0.394 e. The normalized spacial score (nSPS) is 12.8. The topological polar surface area (TPSA) is 69.6 Å². The highest BCUT2D eigenvalue weighted by Gasteiger charge is 2.18. The van der Waals surface area contributed by atoms with E-state index in [0.717, 1.165) is 25.7 Å². The third-order valence-electron chi connectivity index (χ3n) is 14.3. The van der Waals surface area contributed by atoms with Crippen LogP contribution in [0.5, 0.6) is 0 Å². The molecule has 0 radical (unpaired) electrons. The van der Waals surface area contributed by atoms with Gasteiger partial charge in [0.1, 0.15) is 0 Å². The lowest BCUT2D eigenvalue weighted by molar-refractivity contribution is -0.123. The number of unbranched alkanes of at least 4 members (excludes halogenated alkanes) is 49. The predicted octanol–water partition coefficient (Wildman–Crippen LogP) is 19.7. The number of amides is 1. The van der Waals surface area contributed by atoms with Gasteiger partial charge in [-0.1, -0.05) is 334 Å². The summed E-state index contributed by atoms with van der Waals surface area (Å²) in [6, 6.07) is -0.618. The third-order valence-corrected chi connectivity index (χ3v) is 14.3. The first-order valence-electron chi connectivity index (χ1n) is 29.9. The molecule has 64 heavy (non-hydrogen) atoms. The summed E-state index contributed by atoms with van der Waals surface area (Å²) in [4.78, 5) is 12.5. The molecule has 382 valence electrons. The molecule has 4 nitrogen and oxygen atoms in total. The van der Waals surface area contributed by atoms with Gasteiger partial charge in [-0.25, -0.2) is 0 Å². The Kier molecular flexibility index (Phi) is 55.7. The molecule has 2 unspecified atom stereocenters. The van der Waals surface area contributed by atoms with Gasteiger partial charge in [0.05, 0.1) is 18.8 Å². The summed E-state index contributed by atoms with van der Waals surface area (Å²) < 4.78 is 0. The summed E-state index contributed by atoms with van der Waals surface area (Å²) >= 11 is 0. The molecule has 0 spiro atoms. The number of carbonyl (C=O) groups excluding carboxylic acids is 1. The molecule has 0 saturated carbocycles. The quantitative estimate of drug-likeness (QED) is 0.0421. The Morgan fingerprint density at radius 1 is 0.359 bits per heavy atom. The lowest BCUT2D eigenvalue weighted by Crippen LogP contribution is -2.45. The Morgan fingerprint density at radius 2 is 0.578 bits per heavy atom. The zero-order valence-corrected chi connectivity index (χ0v) is 44.1. The van der Waals surface area contributed by atoms with Crippen LogP contribution in [0.1, 0.15) is 348 Å². The van der Waals surface area contributed by atoms with Crippen LogP contribution in [0.4, 0.5) is 0 Å². The van der Waals surface area contributed by atoms with E-state index in [9.17, 15) is 15.0 Å². The van der Waals surface area contributed by atoms with Crippen molar-refractivity contribution in [3.05, 3.63) is 12.2 Å². The van der Waals surface area contributed by atoms with E-state index in [1.165, 1.54) is 302 Å². The van der Waals surface area contributed by atoms with Crippen molar-refractivity contribution < 1.29 is 15.0 Å². The third kappa shape index (κ3) is 52.1. The summed E-state index contributed by atoms with van der Waals surface area (Å²) in [5, 5.41) is 23.2. The molecule has 0 aliphatic rings. The molecule has 3 N–H and O–H groups in total. The molecule has 4 heteroatoms. The molecule has 1 amide bonds. The Bertz CT molecular complexity index is 890. The summed E-state index contributed by atoms with van der Waals surface area (Å²) in [5.74, 6) is -0.0549. The molecule has 0 rings (SSSR count). The van der Waals surface area contributed by atoms with Gasteiger partial charge in [0.25, 0.3) is 0 Å². The molecule has 0 aromatic carbocycles. The largest absolute Gasteiger partial charge is 0.394 e. The van der Waals surface area contributed by atoms with Gasteiger partial charge in [0.15, 0.2) is 0 Å². The first-order chi connectivity index (χ1) is 31.7. The van der Waals surface area contributed by atoms with Crippen LogP contribution >= 0.6 is 0 Å². The number of hydrogen-bond acceptors (Lipinski definition) is 3. The van der Waals surface area contributed by atoms with Crippen LogP contribution in [0.3, 0.4) is 0 Å². The second-order valence-electron chi connectivity index (χ2n) is 20.8. The molecule has 2 atom stereocenters. The zero-order valence-electron chi connectivity index (χ0n) is 44.1. The molecular formula is C60H119NO3. The van der Waals surface area contributed by atoms with Gasteiger partial charge in [-0.15, -0.1) is 0 Å². The van der Waals surface area contributed by atoms with Crippen molar-refractivity contribution in [1.82, 2.24) is 5.32 Å². The number of aliphatic hydroxyl groups excluding tert-OH is 2. The van der Waals surface area contributed by atoms with Gasteiger partial charge >= 0.3 is 0 Å². The van der Waals surface area contributed by atoms with E-state index in [0.29, 0.717) is 6.42 Å². The van der Waals surface area contributed by atoms with Crippen molar-refractivity contribution in [2.45, 2.75) is 360 Å². The number of rotatable bonds is 56. The van der Waals surface area contributed by atoms with Gasteiger partial charge in [-0.05, 0) is 19.3 Å². The van der Waals surface area contributed by atoms with Crippen LogP contribution < -0.4 is 5.32 Å². The second kappa shape index (κ2) is 56.5. The Labute approximate surface area is 403 Å². The summed E-state index contributed by atoms with van der Waals surface area (Å²) in [5.41, 5.74) is 0. The minimum absolute atomic E-state index is 0.0549. The smallest absolute Gasteiger partial charge is 0.220 e.